The molecule has 1 amide bonds. The number of nitrogens with zero attached hydrogens (tertiary/aromatic N) is 1. The van der Waals surface area contributed by atoms with Gasteiger partial charge < -0.3 is 5.32 Å². The summed E-state index contributed by atoms with van der Waals surface area (Å²) in [6, 6.07) is 6.67. The van der Waals surface area contributed by atoms with Gasteiger partial charge in [0.15, 0.2) is 9.84 Å². The Hall–Kier alpha value is -1.92. The number of benzene rings is 1. The van der Waals surface area contributed by atoms with Gasteiger partial charge in [0, 0.05) is 24.3 Å². The largest absolute Gasteiger partial charge is 0.322 e. The van der Waals surface area contributed by atoms with Crippen LogP contribution in [0, 0.1) is 6.92 Å². The fourth-order valence-corrected chi connectivity index (χ4v) is 3.09. The van der Waals surface area contributed by atoms with Crippen molar-refractivity contribution in [2.24, 2.45) is 0 Å². The summed E-state index contributed by atoms with van der Waals surface area (Å²) in [4.78, 5) is 16.1. The van der Waals surface area contributed by atoms with Gasteiger partial charge in [-0.15, -0.1) is 0 Å². The SMILES string of the molecule is Cc1c(CS(C)(=O)=O)cccc1NC(=O)c1ccncc1Cl. The Morgan fingerprint density at radius 1 is 1.32 bits per heavy atom. The van der Waals surface area contributed by atoms with Crippen molar-refractivity contribution in [2.75, 3.05) is 11.6 Å². The number of halogens is 1. The predicted octanol–water partition coefficient (Wildman–Crippen LogP) is 2.84. The number of amides is 1. The van der Waals surface area contributed by atoms with Crippen LogP contribution in [0.2, 0.25) is 5.02 Å². The lowest BCUT2D eigenvalue weighted by Crippen LogP contribution is -2.14. The highest BCUT2D eigenvalue weighted by Gasteiger charge is 2.14. The molecule has 2 rings (SSSR count). The predicted molar refractivity (Wildman–Crippen MR) is 86.9 cm³/mol. The molecule has 0 aliphatic carbocycles. The van der Waals surface area contributed by atoms with E-state index in [1.165, 1.54) is 24.7 Å². The van der Waals surface area contributed by atoms with Crippen LogP contribution in [0.1, 0.15) is 21.5 Å². The van der Waals surface area contributed by atoms with Crippen molar-refractivity contribution in [1.29, 1.82) is 0 Å². The molecule has 0 atom stereocenters. The highest BCUT2D eigenvalue weighted by atomic mass is 35.5. The van der Waals surface area contributed by atoms with E-state index >= 15 is 0 Å². The van der Waals surface area contributed by atoms with Gasteiger partial charge in [-0.05, 0) is 30.2 Å². The zero-order valence-corrected chi connectivity index (χ0v) is 13.7. The zero-order valence-electron chi connectivity index (χ0n) is 12.1. The maximum absolute atomic E-state index is 12.2. The Balaban J connectivity index is 2.29. The van der Waals surface area contributed by atoms with Gasteiger partial charge in [-0.1, -0.05) is 23.7 Å². The second-order valence-electron chi connectivity index (χ2n) is 4.97. The van der Waals surface area contributed by atoms with Gasteiger partial charge in [0.25, 0.3) is 5.91 Å². The maximum atomic E-state index is 12.2. The molecule has 1 aromatic carbocycles. The lowest BCUT2D eigenvalue weighted by molar-refractivity contribution is 0.102. The molecule has 5 nitrogen and oxygen atoms in total. The number of nitrogens with one attached hydrogen (secondary N) is 1. The molecule has 1 heterocycles. The molecule has 0 aliphatic heterocycles. The molecule has 0 saturated heterocycles. The molecule has 0 bridgehead atoms. The Morgan fingerprint density at radius 3 is 2.68 bits per heavy atom. The topological polar surface area (TPSA) is 76.1 Å². The highest BCUT2D eigenvalue weighted by Crippen LogP contribution is 2.22. The average molecular weight is 339 g/mol. The van der Waals surface area contributed by atoms with Crippen molar-refractivity contribution in [3.05, 3.63) is 58.4 Å². The smallest absolute Gasteiger partial charge is 0.257 e. The molecule has 0 radical (unpaired) electrons. The fraction of sp³-hybridized carbons (Fsp3) is 0.200. The third kappa shape index (κ3) is 4.05. The first-order valence-electron chi connectivity index (χ1n) is 6.45. The summed E-state index contributed by atoms with van der Waals surface area (Å²) >= 11 is 5.94. The molecule has 116 valence electrons. The van der Waals surface area contributed by atoms with Crippen LogP contribution in [0.4, 0.5) is 5.69 Å². The van der Waals surface area contributed by atoms with Crippen molar-refractivity contribution in [2.45, 2.75) is 12.7 Å². The first kappa shape index (κ1) is 16.5. The number of sulfone groups is 1. The molecule has 22 heavy (non-hydrogen) atoms. The number of aromatic nitrogens is 1. The molecule has 0 spiro atoms. The summed E-state index contributed by atoms with van der Waals surface area (Å²) < 4.78 is 22.9. The Kier molecular flexibility index (Phi) is 4.83. The van der Waals surface area contributed by atoms with Crippen LogP contribution in [-0.2, 0) is 15.6 Å². The van der Waals surface area contributed by atoms with Gasteiger partial charge in [-0.25, -0.2) is 8.42 Å². The Bertz CT molecular complexity index is 819. The number of carbonyl (C=O) groups excluding carboxylic acids is 1. The van der Waals surface area contributed by atoms with E-state index in [0.717, 1.165) is 0 Å². The average Bonchev–Trinajstić information content (AvgIpc) is 2.42. The zero-order chi connectivity index (χ0) is 16.3. The number of rotatable bonds is 4. The van der Waals surface area contributed by atoms with Gasteiger partial charge in [0.2, 0.25) is 0 Å². The van der Waals surface area contributed by atoms with E-state index in [1.807, 2.05) is 0 Å². The van der Waals surface area contributed by atoms with Crippen LogP contribution >= 0.6 is 11.6 Å². The second-order valence-corrected chi connectivity index (χ2v) is 7.52. The number of anilines is 1. The van der Waals surface area contributed by atoms with Crippen molar-refractivity contribution >= 4 is 33.0 Å². The van der Waals surface area contributed by atoms with Gasteiger partial charge >= 0.3 is 0 Å². The number of pyridine rings is 1. The molecule has 0 aliphatic rings. The van der Waals surface area contributed by atoms with E-state index < -0.39 is 9.84 Å². The minimum Gasteiger partial charge on any atom is -0.322 e. The third-order valence-corrected chi connectivity index (χ3v) is 4.27. The standard InChI is InChI=1S/C15H15ClN2O3S/c1-10-11(9-22(2,20)21)4-3-5-14(10)18-15(19)12-6-7-17-8-13(12)16/h3-8H,9H2,1-2H3,(H,18,19). The van der Waals surface area contributed by atoms with Crippen LogP contribution in [0.25, 0.3) is 0 Å². The molecule has 0 unspecified atom stereocenters. The summed E-state index contributed by atoms with van der Waals surface area (Å²) in [6.07, 6.45) is 4.05. The maximum Gasteiger partial charge on any atom is 0.257 e. The highest BCUT2D eigenvalue weighted by molar-refractivity contribution is 7.89. The molecule has 2 aromatic rings. The van der Waals surface area contributed by atoms with Crippen LogP contribution in [-0.4, -0.2) is 25.6 Å². The number of hydrogen-bond donors (Lipinski definition) is 1. The molecule has 1 N–H and O–H groups in total. The minimum absolute atomic E-state index is 0.0709. The van der Waals surface area contributed by atoms with Crippen LogP contribution in [0.15, 0.2) is 36.7 Å². The van der Waals surface area contributed by atoms with E-state index in [1.54, 1.807) is 25.1 Å². The number of hydrogen-bond acceptors (Lipinski definition) is 4. The van der Waals surface area contributed by atoms with Gasteiger partial charge in [-0.3, -0.25) is 9.78 Å². The molecule has 0 fully saturated rings. The van der Waals surface area contributed by atoms with E-state index in [2.05, 4.69) is 10.3 Å². The van der Waals surface area contributed by atoms with E-state index in [4.69, 9.17) is 11.6 Å². The first-order valence-corrected chi connectivity index (χ1v) is 8.89. The Morgan fingerprint density at radius 2 is 2.05 bits per heavy atom. The fourth-order valence-electron chi connectivity index (χ4n) is 2.01. The molecule has 0 saturated carbocycles. The summed E-state index contributed by atoms with van der Waals surface area (Å²) in [5.41, 5.74) is 2.23. The Labute approximate surface area is 134 Å². The summed E-state index contributed by atoms with van der Waals surface area (Å²) in [6.45, 7) is 1.77. The number of carbonyl (C=O) groups is 1. The lowest BCUT2D eigenvalue weighted by Gasteiger charge is -2.12. The van der Waals surface area contributed by atoms with Crippen molar-refractivity contribution in [1.82, 2.24) is 4.98 Å². The molecule has 7 heteroatoms. The van der Waals surface area contributed by atoms with Crippen LogP contribution < -0.4 is 5.32 Å². The van der Waals surface area contributed by atoms with Gasteiger partial charge in [0.05, 0.1) is 16.3 Å². The lowest BCUT2D eigenvalue weighted by atomic mass is 10.1. The second kappa shape index (κ2) is 6.46. The molecular weight excluding hydrogens is 324 g/mol. The van der Waals surface area contributed by atoms with E-state index in [0.29, 0.717) is 22.4 Å². The summed E-state index contributed by atoms with van der Waals surface area (Å²) in [7, 11) is -3.15. The molecular formula is C15H15ClN2O3S. The monoisotopic (exact) mass is 338 g/mol. The minimum atomic E-state index is -3.15. The normalized spacial score (nSPS) is 11.2. The summed E-state index contributed by atoms with van der Waals surface area (Å²) in [5.74, 6) is -0.439. The van der Waals surface area contributed by atoms with Crippen molar-refractivity contribution in [3.63, 3.8) is 0 Å². The van der Waals surface area contributed by atoms with Crippen LogP contribution in [0.3, 0.4) is 0 Å². The van der Waals surface area contributed by atoms with Crippen molar-refractivity contribution < 1.29 is 13.2 Å². The van der Waals surface area contributed by atoms with Gasteiger partial charge in [-0.2, -0.15) is 0 Å². The van der Waals surface area contributed by atoms with Gasteiger partial charge in [0.1, 0.15) is 0 Å². The van der Waals surface area contributed by atoms with E-state index in [-0.39, 0.29) is 16.7 Å². The quantitative estimate of drug-likeness (QED) is 0.930. The third-order valence-electron chi connectivity index (χ3n) is 3.13. The summed E-state index contributed by atoms with van der Waals surface area (Å²) in [5, 5.41) is 3.00. The van der Waals surface area contributed by atoms with Crippen LogP contribution in [0.5, 0.6) is 0 Å². The molecule has 1 aromatic heterocycles. The van der Waals surface area contributed by atoms with E-state index in [9.17, 15) is 13.2 Å². The van der Waals surface area contributed by atoms with Crippen molar-refractivity contribution in [3.8, 4) is 0 Å². The first-order chi connectivity index (χ1) is 10.3.